The Hall–Kier alpha value is -3.22. The summed E-state index contributed by atoms with van der Waals surface area (Å²) in [6.45, 7) is 8.19. The largest absolute Gasteiger partial charge is 0.481 e. The van der Waals surface area contributed by atoms with Crippen LogP contribution in [0, 0.1) is 20.8 Å². The molecule has 0 unspecified atom stereocenters. The summed E-state index contributed by atoms with van der Waals surface area (Å²) in [6.07, 6.45) is -0.197. The summed E-state index contributed by atoms with van der Waals surface area (Å²) >= 11 is 0. The number of nitrogens with zero attached hydrogens (tertiary/aromatic N) is 3. The third kappa shape index (κ3) is 3.74. The number of nitrogens with one attached hydrogen (secondary N) is 1. The van der Waals surface area contributed by atoms with E-state index in [1.807, 2.05) is 52.0 Å². The van der Waals surface area contributed by atoms with E-state index in [1.54, 1.807) is 10.7 Å². The summed E-state index contributed by atoms with van der Waals surface area (Å²) in [6, 6.07) is 8.57. The first-order chi connectivity index (χ1) is 13.3. The third-order valence-electron chi connectivity index (χ3n) is 4.80. The summed E-state index contributed by atoms with van der Waals surface area (Å²) in [5, 5.41) is 17.4. The van der Waals surface area contributed by atoms with Gasteiger partial charge in [0, 0.05) is 12.2 Å². The summed E-state index contributed by atoms with van der Waals surface area (Å²) in [4.78, 5) is 29.1. The predicted octanol–water partition coefficient (Wildman–Crippen LogP) is 3.32. The van der Waals surface area contributed by atoms with Gasteiger partial charge in [-0.2, -0.15) is 5.10 Å². The van der Waals surface area contributed by atoms with Gasteiger partial charge in [0.1, 0.15) is 0 Å². The van der Waals surface area contributed by atoms with Crippen molar-refractivity contribution in [1.29, 1.82) is 0 Å². The van der Waals surface area contributed by atoms with Gasteiger partial charge in [-0.15, -0.1) is 0 Å². The minimum absolute atomic E-state index is 0.197. The molecule has 7 heteroatoms. The highest BCUT2D eigenvalue weighted by Crippen LogP contribution is 2.25. The number of carbonyl (C=O) groups is 2. The average Bonchev–Trinajstić information content (AvgIpc) is 2.96. The zero-order chi connectivity index (χ0) is 20.4. The van der Waals surface area contributed by atoms with Gasteiger partial charge in [-0.1, -0.05) is 24.3 Å². The van der Waals surface area contributed by atoms with Gasteiger partial charge < -0.3 is 10.4 Å². The van der Waals surface area contributed by atoms with Crippen LogP contribution >= 0.6 is 0 Å². The van der Waals surface area contributed by atoms with Crippen molar-refractivity contribution >= 4 is 22.9 Å². The first-order valence-electron chi connectivity index (χ1n) is 9.24. The van der Waals surface area contributed by atoms with Crippen molar-refractivity contribution in [3.05, 3.63) is 58.4 Å². The number of carbonyl (C=O) groups excluding carboxylic acids is 1. The number of pyridine rings is 1. The number of aromatic nitrogens is 3. The molecule has 0 aliphatic rings. The number of benzene rings is 1. The van der Waals surface area contributed by atoms with Crippen LogP contribution in [0.25, 0.3) is 11.0 Å². The van der Waals surface area contributed by atoms with E-state index in [1.165, 1.54) is 0 Å². The molecule has 7 nitrogen and oxygen atoms in total. The van der Waals surface area contributed by atoms with Gasteiger partial charge in [0.25, 0.3) is 5.91 Å². The number of carboxylic acid groups (broad SMARTS) is 1. The smallest absolute Gasteiger partial charge is 0.305 e. The van der Waals surface area contributed by atoms with E-state index in [-0.39, 0.29) is 12.3 Å². The van der Waals surface area contributed by atoms with Crippen LogP contribution < -0.4 is 5.32 Å². The van der Waals surface area contributed by atoms with E-state index < -0.39 is 12.0 Å². The predicted molar refractivity (Wildman–Crippen MR) is 106 cm³/mol. The van der Waals surface area contributed by atoms with Crippen molar-refractivity contribution in [3.63, 3.8) is 0 Å². The number of aliphatic carboxylic acids is 1. The molecule has 2 heterocycles. The molecule has 0 aliphatic heterocycles. The van der Waals surface area contributed by atoms with Crippen LogP contribution in [0.1, 0.15) is 52.3 Å². The van der Waals surface area contributed by atoms with Crippen molar-refractivity contribution in [2.45, 2.75) is 46.7 Å². The van der Waals surface area contributed by atoms with Gasteiger partial charge in [0.05, 0.1) is 29.1 Å². The molecule has 0 aliphatic carbocycles. The Labute approximate surface area is 163 Å². The van der Waals surface area contributed by atoms with Gasteiger partial charge in [0.2, 0.25) is 0 Å². The number of hydrogen-bond donors (Lipinski definition) is 2. The highest BCUT2D eigenvalue weighted by atomic mass is 16.4. The van der Waals surface area contributed by atoms with Gasteiger partial charge >= 0.3 is 5.97 Å². The maximum absolute atomic E-state index is 13.2. The minimum atomic E-state index is -0.973. The van der Waals surface area contributed by atoms with Crippen LogP contribution in [0.4, 0.5) is 0 Å². The fourth-order valence-electron chi connectivity index (χ4n) is 3.51. The molecule has 0 radical (unpaired) electrons. The van der Waals surface area contributed by atoms with Crippen molar-refractivity contribution in [1.82, 2.24) is 20.1 Å². The number of carboxylic acids is 1. The molecule has 0 bridgehead atoms. The molecule has 0 fully saturated rings. The Morgan fingerprint density at radius 2 is 1.93 bits per heavy atom. The van der Waals surface area contributed by atoms with Crippen LogP contribution in [0.5, 0.6) is 0 Å². The first-order valence-corrected chi connectivity index (χ1v) is 9.24. The third-order valence-corrected chi connectivity index (χ3v) is 4.80. The number of hydrogen-bond acceptors (Lipinski definition) is 4. The Balaban J connectivity index is 2.04. The summed E-state index contributed by atoms with van der Waals surface area (Å²) in [5.74, 6) is -1.30. The van der Waals surface area contributed by atoms with Gasteiger partial charge in [-0.3, -0.25) is 9.59 Å². The van der Waals surface area contributed by atoms with Crippen LogP contribution in [0.15, 0.2) is 30.3 Å². The quantitative estimate of drug-likeness (QED) is 0.684. The molecule has 0 saturated carbocycles. The summed E-state index contributed by atoms with van der Waals surface area (Å²) in [7, 11) is 0. The highest BCUT2D eigenvalue weighted by Gasteiger charge is 2.23. The van der Waals surface area contributed by atoms with Crippen molar-refractivity contribution in [2.75, 3.05) is 0 Å². The van der Waals surface area contributed by atoms with Gasteiger partial charge in [-0.05, 0) is 44.9 Å². The Kier molecular flexibility index (Phi) is 5.44. The molecule has 1 amide bonds. The standard InChI is InChI=1S/C21H24N4O3/c1-5-25-20-19(14(4)24-25)16(10-13(3)22-20)21(28)23-17(11-18(26)27)15-9-7-6-8-12(15)2/h6-10,17H,5,11H2,1-4H3,(H,23,28)(H,26,27)/t17-/m0/s1. The minimum Gasteiger partial charge on any atom is -0.481 e. The van der Waals surface area contributed by atoms with E-state index in [0.29, 0.717) is 28.8 Å². The Morgan fingerprint density at radius 3 is 2.57 bits per heavy atom. The van der Waals surface area contributed by atoms with Gasteiger partial charge in [-0.25, -0.2) is 9.67 Å². The lowest BCUT2D eigenvalue weighted by Crippen LogP contribution is -2.31. The number of aryl methyl sites for hydroxylation is 4. The van der Waals surface area contributed by atoms with E-state index in [4.69, 9.17) is 0 Å². The van der Waals surface area contributed by atoms with Crippen molar-refractivity contribution in [3.8, 4) is 0 Å². The summed E-state index contributed by atoms with van der Waals surface area (Å²) in [5.41, 5.74) is 4.28. The topological polar surface area (TPSA) is 97.1 Å². The molecular weight excluding hydrogens is 356 g/mol. The fraction of sp³-hybridized carbons (Fsp3) is 0.333. The first kappa shape index (κ1) is 19.5. The average molecular weight is 380 g/mol. The molecule has 3 aromatic rings. The number of rotatable bonds is 6. The Bertz CT molecular complexity index is 1060. The van der Waals surface area contributed by atoms with E-state index in [2.05, 4.69) is 15.4 Å². The maximum Gasteiger partial charge on any atom is 0.305 e. The van der Waals surface area contributed by atoms with Crippen LogP contribution in [0.2, 0.25) is 0 Å². The second kappa shape index (κ2) is 7.80. The lowest BCUT2D eigenvalue weighted by molar-refractivity contribution is -0.137. The van der Waals surface area contributed by atoms with Crippen LogP contribution in [-0.4, -0.2) is 31.7 Å². The van der Waals surface area contributed by atoms with Crippen LogP contribution in [0.3, 0.4) is 0 Å². The highest BCUT2D eigenvalue weighted by molar-refractivity contribution is 6.06. The van der Waals surface area contributed by atoms with E-state index >= 15 is 0 Å². The maximum atomic E-state index is 13.2. The summed E-state index contributed by atoms with van der Waals surface area (Å²) < 4.78 is 1.77. The van der Waals surface area contributed by atoms with Crippen molar-refractivity contribution in [2.24, 2.45) is 0 Å². The fourth-order valence-corrected chi connectivity index (χ4v) is 3.51. The van der Waals surface area contributed by atoms with Gasteiger partial charge in [0.15, 0.2) is 5.65 Å². The zero-order valence-electron chi connectivity index (χ0n) is 16.5. The second-order valence-electron chi connectivity index (χ2n) is 6.89. The second-order valence-corrected chi connectivity index (χ2v) is 6.89. The molecule has 0 saturated heterocycles. The van der Waals surface area contributed by atoms with E-state index in [0.717, 1.165) is 16.8 Å². The molecule has 3 rings (SSSR count). The lowest BCUT2D eigenvalue weighted by Gasteiger charge is -2.20. The SMILES string of the molecule is CCn1nc(C)c2c(C(=O)N[C@@H](CC(=O)O)c3ccccc3C)cc(C)nc21. The number of amides is 1. The molecule has 146 valence electrons. The molecule has 28 heavy (non-hydrogen) atoms. The molecule has 2 aromatic heterocycles. The monoisotopic (exact) mass is 380 g/mol. The van der Waals surface area contributed by atoms with Crippen molar-refractivity contribution < 1.29 is 14.7 Å². The zero-order valence-corrected chi connectivity index (χ0v) is 16.5. The molecule has 2 N–H and O–H groups in total. The molecule has 1 aromatic carbocycles. The van der Waals surface area contributed by atoms with E-state index in [9.17, 15) is 14.7 Å². The number of fused-ring (bicyclic) bond motifs is 1. The molecule has 1 atom stereocenters. The lowest BCUT2D eigenvalue weighted by atomic mass is 9.98. The van der Waals surface area contributed by atoms with Crippen LogP contribution in [-0.2, 0) is 11.3 Å². The normalized spacial score (nSPS) is 12.1. The molecular formula is C21H24N4O3. The Morgan fingerprint density at radius 1 is 1.21 bits per heavy atom. The molecule has 0 spiro atoms.